The zero-order chi connectivity index (χ0) is 23.7. The summed E-state index contributed by atoms with van der Waals surface area (Å²) in [7, 11) is 0. The third-order valence-corrected chi connectivity index (χ3v) is 8.82. The predicted molar refractivity (Wildman–Crippen MR) is 133 cm³/mol. The van der Waals surface area contributed by atoms with Gasteiger partial charge in [0.25, 0.3) is 0 Å². The van der Waals surface area contributed by atoms with Gasteiger partial charge in [0.2, 0.25) is 5.91 Å². The predicted octanol–water partition coefficient (Wildman–Crippen LogP) is 4.32. The average molecular weight is 464 g/mol. The lowest BCUT2D eigenvalue weighted by Gasteiger charge is -2.44. The molecule has 2 bridgehead atoms. The van der Waals surface area contributed by atoms with Gasteiger partial charge in [0.1, 0.15) is 0 Å². The molecule has 0 N–H and O–H groups in total. The van der Waals surface area contributed by atoms with Crippen LogP contribution in [0.3, 0.4) is 0 Å². The molecular formula is C28H37N3O3. The quantitative estimate of drug-likeness (QED) is 0.613. The first-order valence-corrected chi connectivity index (χ1v) is 13.0. The number of hydrogen-bond acceptors (Lipinski definition) is 4. The van der Waals surface area contributed by atoms with Gasteiger partial charge >= 0.3 is 6.09 Å². The molecule has 2 atom stereocenters. The van der Waals surface area contributed by atoms with E-state index in [-0.39, 0.29) is 24.0 Å². The van der Waals surface area contributed by atoms with Crippen LogP contribution in [0.4, 0.5) is 10.5 Å². The molecule has 1 aromatic carbocycles. The van der Waals surface area contributed by atoms with Gasteiger partial charge in [-0.05, 0) is 83.0 Å². The zero-order valence-corrected chi connectivity index (χ0v) is 20.6. The summed E-state index contributed by atoms with van der Waals surface area (Å²) in [5, 5.41) is 0. The molecule has 1 spiro atoms. The summed E-state index contributed by atoms with van der Waals surface area (Å²) in [6.45, 7) is 6.63. The maximum absolute atomic E-state index is 12.7. The van der Waals surface area contributed by atoms with Crippen molar-refractivity contribution in [2.75, 3.05) is 31.1 Å². The Hall–Kier alpha value is -2.52. The van der Waals surface area contributed by atoms with Crippen LogP contribution in [-0.2, 0) is 14.9 Å². The molecule has 4 aliphatic rings. The number of anilines is 1. The molecule has 1 aromatic rings. The van der Waals surface area contributed by atoms with E-state index in [4.69, 9.17) is 4.74 Å². The van der Waals surface area contributed by atoms with Crippen molar-refractivity contribution in [2.45, 2.75) is 88.8 Å². The second kappa shape index (κ2) is 9.62. The highest BCUT2D eigenvalue weighted by Crippen LogP contribution is 2.47. The molecule has 0 aromatic heterocycles. The van der Waals surface area contributed by atoms with Gasteiger partial charge in [-0.3, -0.25) is 4.79 Å². The van der Waals surface area contributed by atoms with Crippen molar-refractivity contribution in [3.8, 4) is 11.8 Å². The largest absolute Gasteiger partial charge is 0.436 e. The molecule has 3 saturated heterocycles. The van der Waals surface area contributed by atoms with E-state index in [1.807, 2.05) is 15.9 Å². The summed E-state index contributed by atoms with van der Waals surface area (Å²) < 4.78 is 5.42. The van der Waals surface area contributed by atoms with E-state index in [0.717, 1.165) is 76.7 Å². The van der Waals surface area contributed by atoms with Gasteiger partial charge in [0.05, 0.1) is 0 Å². The molecule has 6 nitrogen and oxygen atoms in total. The van der Waals surface area contributed by atoms with Crippen LogP contribution in [-0.4, -0.2) is 66.2 Å². The molecule has 5 rings (SSSR count). The molecule has 4 heterocycles. The highest BCUT2D eigenvalue weighted by atomic mass is 16.6. The number of carbonyl (C=O) groups is 2. The Morgan fingerprint density at radius 3 is 2.24 bits per heavy atom. The van der Waals surface area contributed by atoms with E-state index in [9.17, 15) is 9.59 Å². The highest BCUT2D eigenvalue weighted by Gasteiger charge is 2.47. The molecule has 0 saturated carbocycles. The minimum atomic E-state index is -0.177. The number of para-hydroxylation sites is 1. The summed E-state index contributed by atoms with van der Waals surface area (Å²) in [6.07, 6.45) is 8.60. The van der Waals surface area contributed by atoms with E-state index < -0.39 is 0 Å². The van der Waals surface area contributed by atoms with Gasteiger partial charge in [0.15, 0.2) is 6.61 Å². The number of likely N-dealkylation sites (tertiary alicyclic amines) is 1. The first-order chi connectivity index (χ1) is 16.5. The molecule has 0 radical (unpaired) electrons. The Labute approximate surface area is 203 Å². The average Bonchev–Trinajstić information content (AvgIpc) is 3.41. The van der Waals surface area contributed by atoms with Gasteiger partial charge in [-0.15, -0.1) is 5.92 Å². The summed E-state index contributed by atoms with van der Waals surface area (Å²) in [6, 6.07) is 9.70. The lowest BCUT2D eigenvalue weighted by molar-refractivity contribution is -0.116. The second-order valence-corrected chi connectivity index (χ2v) is 10.5. The van der Waals surface area contributed by atoms with Gasteiger partial charge in [-0.1, -0.05) is 24.1 Å². The van der Waals surface area contributed by atoms with Crippen molar-refractivity contribution in [3.63, 3.8) is 0 Å². The van der Waals surface area contributed by atoms with E-state index in [0.29, 0.717) is 18.1 Å². The Morgan fingerprint density at radius 1 is 1.00 bits per heavy atom. The molecule has 3 fully saturated rings. The summed E-state index contributed by atoms with van der Waals surface area (Å²) in [5.41, 5.74) is 2.58. The Bertz CT molecular complexity index is 972. The van der Waals surface area contributed by atoms with Crippen LogP contribution in [0.5, 0.6) is 0 Å². The van der Waals surface area contributed by atoms with Gasteiger partial charge in [-0.25, -0.2) is 4.79 Å². The van der Waals surface area contributed by atoms with E-state index in [1.165, 1.54) is 5.56 Å². The summed E-state index contributed by atoms with van der Waals surface area (Å²) >= 11 is 0. The fourth-order valence-electron chi connectivity index (χ4n) is 7.01. The van der Waals surface area contributed by atoms with Crippen LogP contribution in [0, 0.1) is 11.8 Å². The number of benzene rings is 1. The number of rotatable bonds is 2. The van der Waals surface area contributed by atoms with Crippen molar-refractivity contribution in [1.29, 1.82) is 0 Å². The lowest BCUT2D eigenvalue weighted by atomic mass is 9.74. The monoisotopic (exact) mass is 463 g/mol. The van der Waals surface area contributed by atoms with Crippen LogP contribution >= 0.6 is 0 Å². The van der Waals surface area contributed by atoms with Gasteiger partial charge < -0.3 is 19.4 Å². The molecule has 34 heavy (non-hydrogen) atoms. The van der Waals surface area contributed by atoms with Crippen LogP contribution in [0.15, 0.2) is 24.3 Å². The lowest BCUT2D eigenvalue weighted by Crippen LogP contribution is -2.50. The minimum Gasteiger partial charge on any atom is -0.436 e. The standard InChI is InChI=1S/C28H37N3O3/c1-3-4-19-34-27(33)31-23-11-9-22(10-12-24(31)14-13-23)29-17-15-28(16-18-29)20-30(21(2)32)26-8-6-5-7-25(26)28/h5-8,22-24H,9-20H2,1-2H3. The molecule has 2 unspecified atom stereocenters. The van der Waals surface area contributed by atoms with Crippen LogP contribution in [0.1, 0.15) is 70.8 Å². The number of hydrogen-bond donors (Lipinski definition) is 0. The molecule has 0 aliphatic carbocycles. The fraction of sp³-hybridized carbons (Fsp3) is 0.643. The van der Waals surface area contributed by atoms with Crippen molar-refractivity contribution >= 4 is 17.7 Å². The van der Waals surface area contributed by atoms with Crippen LogP contribution < -0.4 is 4.90 Å². The van der Waals surface area contributed by atoms with Gasteiger partial charge in [0, 0.05) is 42.7 Å². The van der Waals surface area contributed by atoms with E-state index in [1.54, 1.807) is 13.8 Å². The van der Waals surface area contributed by atoms with Crippen LogP contribution in [0.25, 0.3) is 0 Å². The van der Waals surface area contributed by atoms with Crippen LogP contribution in [0.2, 0.25) is 0 Å². The number of carbonyl (C=O) groups excluding carboxylic acids is 2. The number of ether oxygens (including phenoxy) is 1. The zero-order valence-electron chi connectivity index (χ0n) is 20.6. The first-order valence-electron chi connectivity index (χ1n) is 13.0. The SMILES string of the molecule is CC#CCOC(=O)N1C2CCC(N3CCC4(CC3)CN(C(C)=O)c3ccccc34)CCC1CC2. The summed E-state index contributed by atoms with van der Waals surface area (Å²) in [5.74, 6) is 5.77. The summed E-state index contributed by atoms with van der Waals surface area (Å²) in [4.78, 5) is 31.7. The van der Waals surface area contributed by atoms with E-state index >= 15 is 0 Å². The van der Waals surface area contributed by atoms with Crippen molar-refractivity contribution in [1.82, 2.24) is 9.80 Å². The second-order valence-electron chi connectivity index (χ2n) is 10.5. The molecule has 2 amide bonds. The van der Waals surface area contributed by atoms with Gasteiger partial charge in [-0.2, -0.15) is 0 Å². The molecule has 182 valence electrons. The number of nitrogens with zero attached hydrogens (tertiary/aromatic N) is 3. The van der Waals surface area contributed by atoms with E-state index in [2.05, 4.69) is 34.9 Å². The van der Waals surface area contributed by atoms with Crippen molar-refractivity contribution < 1.29 is 14.3 Å². The third-order valence-electron chi connectivity index (χ3n) is 8.82. The Balaban J connectivity index is 1.21. The maximum atomic E-state index is 12.7. The topological polar surface area (TPSA) is 53.1 Å². The third kappa shape index (κ3) is 4.20. The smallest absolute Gasteiger partial charge is 0.411 e. The maximum Gasteiger partial charge on any atom is 0.411 e. The molecular weight excluding hydrogens is 426 g/mol. The first kappa shape index (κ1) is 23.2. The Morgan fingerprint density at radius 2 is 1.62 bits per heavy atom. The van der Waals surface area contributed by atoms with Crippen molar-refractivity contribution in [3.05, 3.63) is 29.8 Å². The highest BCUT2D eigenvalue weighted by molar-refractivity contribution is 5.94. The minimum absolute atomic E-state index is 0.0986. The number of fused-ring (bicyclic) bond motifs is 4. The normalized spacial score (nSPS) is 28.0. The fourth-order valence-corrected chi connectivity index (χ4v) is 7.01. The molecule has 4 aliphatic heterocycles. The number of amides is 2. The van der Waals surface area contributed by atoms with Crippen molar-refractivity contribution in [2.24, 2.45) is 0 Å². The number of piperidine rings is 1. The Kier molecular flexibility index (Phi) is 6.57. The molecule has 6 heteroatoms.